The smallest absolute Gasteiger partial charge is 0.354 e. The molecule has 0 aliphatic carbocycles. The van der Waals surface area contributed by atoms with Gasteiger partial charge in [0.15, 0.2) is 0 Å². The monoisotopic (exact) mass is 554 g/mol. The number of ether oxygens (including phenoxy) is 1. The van der Waals surface area contributed by atoms with Crippen LogP contribution in [0, 0.1) is 0 Å². The summed E-state index contributed by atoms with van der Waals surface area (Å²) in [6.45, 7) is 6.13. The normalized spacial score (nSPS) is 18.9. The second kappa shape index (κ2) is 12.1. The molecule has 2 aliphatic rings. The van der Waals surface area contributed by atoms with E-state index in [0.717, 1.165) is 38.0 Å². The number of nitrogens with two attached hydrogens (primary N) is 2. The van der Waals surface area contributed by atoms with Crippen molar-refractivity contribution >= 4 is 23.7 Å². The van der Waals surface area contributed by atoms with E-state index in [1.807, 2.05) is 24.3 Å². The average molecular weight is 555 g/mol. The number of nitrogens with zero attached hydrogens (tertiary/aromatic N) is 5. The summed E-state index contributed by atoms with van der Waals surface area (Å²) in [6.07, 6.45) is 3.52. The average Bonchev–Trinajstić information content (AvgIpc) is 2.93. The lowest BCUT2D eigenvalue weighted by Gasteiger charge is -2.41. The molecule has 2 fully saturated rings. The van der Waals surface area contributed by atoms with Gasteiger partial charge in [-0.05, 0) is 63.5 Å². The Morgan fingerprint density at radius 2 is 1.75 bits per heavy atom. The summed E-state index contributed by atoms with van der Waals surface area (Å²) in [7, 11) is 1.21. The Labute approximate surface area is 233 Å². The van der Waals surface area contributed by atoms with Crippen LogP contribution < -0.4 is 22.5 Å². The Hall–Kier alpha value is -3.81. The minimum absolute atomic E-state index is 0.0383. The largest absolute Gasteiger partial charge is 0.467 e. The van der Waals surface area contributed by atoms with Gasteiger partial charge in [-0.1, -0.05) is 12.1 Å². The summed E-state index contributed by atoms with van der Waals surface area (Å²) in [4.78, 5) is 60.0. The molecule has 4 rings (SSSR count). The van der Waals surface area contributed by atoms with Crippen LogP contribution in [0.5, 0.6) is 0 Å². The highest BCUT2D eigenvalue weighted by molar-refractivity contribution is 5.93. The molecule has 1 aromatic heterocycles. The van der Waals surface area contributed by atoms with E-state index in [2.05, 4.69) is 15.2 Å². The number of likely N-dealkylation sites (tertiary alicyclic amines) is 1. The number of aromatic nitrogens is 2. The zero-order valence-corrected chi connectivity index (χ0v) is 23.2. The first kappa shape index (κ1) is 29.2. The summed E-state index contributed by atoms with van der Waals surface area (Å²) >= 11 is 0. The number of piperazine rings is 1. The lowest BCUT2D eigenvalue weighted by atomic mass is 10.0. The van der Waals surface area contributed by atoms with Gasteiger partial charge in [0.2, 0.25) is 5.91 Å². The number of carbonyl (C=O) groups is 3. The molecular formula is C27H38N8O5. The molecule has 13 nitrogen and oxygen atoms in total. The second-order valence-corrected chi connectivity index (χ2v) is 10.9. The highest BCUT2D eigenvalue weighted by Crippen LogP contribution is 2.18. The topological polar surface area (TPSA) is 169 Å². The molecule has 0 radical (unpaired) electrons. The van der Waals surface area contributed by atoms with Crippen molar-refractivity contribution in [2.24, 2.45) is 11.5 Å². The molecule has 2 aliphatic heterocycles. The number of hydrogen-bond acceptors (Lipinski definition) is 9. The molecule has 2 saturated heterocycles. The van der Waals surface area contributed by atoms with Gasteiger partial charge in [-0.3, -0.25) is 19.6 Å². The molecule has 0 saturated carbocycles. The number of urea groups is 1. The first-order chi connectivity index (χ1) is 19.0. The fraction of sp³-hybridized carbons (Fsp3) is 0.519. The number of rotatable bonds is 6. The minimum Gasteiger partial charge on any atom is -0.467 e. The lowest BCUT2D eigenvalue weighted by molar-refractivity contribution is -0.150. The first-order valence-corrected chi connectivity index (χ1v) is 13.4. The molecule has 0 bridgehead atoms. The third-order valence-electron chi connectivity index (χ3n) is 7.24. The molecule has 1 aromatic carbocycles. The number of anilines is 1. The maximum absolute atomic E-state index is 13.1. The van der Waals surface area contributed by atoms with Gasteiger partial charge in [-0.25, -0.2) is 14.4 Å². The molecule has 3 amide bonds. The number of benzene rings is 1. The number of esters is 1. The van der Waals surface area contributed by atoms with E-state index < -0.39 is 29.3 Å². The van der Waals surface area contributed by atoms with Gasteiger partial charge in [-0.15, -0.1) is 0 Å². The van der Waals surface area contributed by atoms with Crippen molar-refractivity contribution in [3.05, 3.63) is 52.6 Å². The molecular weight excluding hydrogens is 516 g/mol. The van der Waals surface area contributed by atoms with Crippen molar-refractivity contribution in [3.8, 4) is 5.69 Å². The maximum Gasteiger partial charge on any atom is 0.354 e. The van der Waals surface area contributed by atoms with Crippen molar-refractivity contribution in [1.29, 1.82) is 0 Å². The highest BCUT2D eigenvalue weighted by atomic mass is 16.5. The lowest BCUT2D eigenvalue weighted by Crippen LogP contribution is -2.63. The summed E-state index contributed by atoms with van der Waals surface area (Å²) in [5.74, 6) is -0.967. The van der Waals surface area contributed by atoms with E-state index >= 15 is 0 Å². The Balaban J connectivity index is 1.41. The summed E-state index contributed by atoms with van der Waals surface area (Å²) in [5.41, 5.74) is 12.0. The molecule has 3 heterocycles. The van der Waals surface area contributed by atoms with Gasteiger partial charge in [0.05, 0.1) is 24.9 Å². The summed E-state index contributed by atoms with van der Waals surface area (Å²) < 4.78 is 6.25. The number of carbonyl (C=O) groups excluding carboxylic acids is 3. The van der Waals surface area contributed by atoms with Gasteiger partial charge in [0.25, 0.3) is 0 Å². The van der Waals surface area contributed by atoms with Crippen molar-refractivity contribution in [3.63, 3.8) is 0 Å². The standard InChI is InChI=1S/C27H38N8O5/c1-27(2,29)24(37)33-14-15-35(21(17-33)23(36)40-3)26(39)31-22-10-13-34(25(38)30-22)20-6-4-18(5-7-20)16-32-11-8-19(28)9-12-32/h4-7,10,13,19,21H,8-9,11-12,14-17,28-29H2,1-3H3,(H,30,31,38,39)/t21-/m0/s1. The SMILES string of the molecule is COC(=O)[C@@H]1CN(C(=O)C(C)(C)N)CCN1C(=O)Nc1ccn(-c2ccc(CN3CCC(N)CC3)cc2)c(=O)n1. The fourth-order valence-corrected chi connectivity index (χ4v) is 4.94. The molecule has 1 atom stereocenters. The van der Waals surface area contributed by atoms with Crippen molar-refractivity contribution in [1.82, 2.24) is 24.3 Å². The molecule has 13 heteroatoms. The van der Waals surface area contributed by atoms with Crippen molar-refractivity contribution in [2.75, 3.05) is 45.2 Å². The number of amides is 3. The Morgan fingerprint density at radius 1 is 1.07 bits per heavy atom. The van der Waals surface area contributed by atoms with Crippen molar-refractivity contribution in [2.45, 2.75) is 50.9 Å². The number of nitrogens with one attached hydrogen (secondary N) is 1. The Bertz CT molecular complexity index is 1280. The van der Waals surface area contributed by atoms with Crippen LogP contribution in [0.1, 0.15) is 32.3 Å². The fourth-order valence-electron chi connectivity index (χ4n) is 4.94. The molecule has 216 valence electrons. The molecule has 40 heavy (non-hydrogen) atoms. The third kappa shape index (κ3) is 6.84. The number of hydrogen-bond donors (Lipinski definition) is 3. The zero-order chi connectivity index (χ0) is 29.0. The van der Waals surface area contributed by atoms with Crippen LogP contribution in [-0.4, -0.2) is 99.6 Å². The van der Waals surface area contributed by atoms with E-state index in [1.54, 1.807) is 13.8 Å². The van der Waals surface area contributed by atoms with Crippen LogP contribution in [0.15, 0.2) is 41.3 Å². The molecule has 0 spiro atoms. The number of piperidine rings is 1. The third-order valence-corrected chi connectivity index (χ3v) is 7.24. The van der Waals surface area contributed by atoms with Crippen LogP contribution in [0.4, 0.5) is 10.6 Å². The van der Waals surface area contributed by atoms with E-state index in [1.165, 1.54) is 33.7 Å². The van der Waals surface area contributed by atoms with Gasteiger partial charge >= 0.3 is 17.7 Å². The molecule has 5 N–H and O–H groups in total. The van der Waals surface area contributed by atoms with E-state index in [-0.39, 0.29) is 37.4 Å². The van der Waals surface area contributed by atoms with Gasteiger partial charge in [0, 0.05) is 31.9 Å². The maximum atomic E-state index is 13.1. The zero-order valence-electron chi connectivity index (χ0n) is 23.2. The predicted octanol–water partition coefficient (Wildman–Crippen LogP) is 0.111. The highest BCUT2D eigenvalue weighted by Gasteiger charge is 2.40. The van der Waals surface area contributed by atoms with Crippen LogP contribution in [0.25, 0.3) is 5.69 Å². The first-order valence-electron chi connectivity index (χ1n) is 13.4. The number of methoxy groups -OCH3 is 1. The summed E-state index contributed by atoms with van der Waals surface area (Å²) in [6, 6.07) is 7.80. The van der Waals surface area contributed by atoms with Crippen LogP contribution in [-0.2, 0) is 20.9 Å². The minimum atomic E-state index is -1.12. The van der Waals surface area contributed by atoms with Crippen LogP contribution >= 0.6 is 0 Å². The Morgan fingerprint density at radius 3 is 2.35 bits per heavy atom. The Kier molecular flexibility index (Phi) is 8.86. The van der Waals surface area contributed by atoms with Crippen molar-refractivity contribution < 1.29 is 19.1 Å². The predicted molar refractivity (Wildman–Crippen MR) is 149 cm³/mol. The molecule has 0 unspecified atom stereocenters. The molecule has 2 aromatic rings. The van der Waals surface area contributed by atoms with Crippen LogP contribution in [0.3, 0.4) is 0 Å². The van der Waals surface area contributed by atoms with E-state index in [9.17, 15) is 19.2 Å². The van der Waals surface area contributed by atoms with Gasteiger partial charge < -0.3 is 26.0 Å². The quantitative estimate of drug-likeness (QED) is 0.420. The van der Waals surface area contributed by atoms with Crippen LogP contribution in [0.2, 0.25) is 0 Å². The van der Waals surface area contributed by atoms with Gasteiger partial charge in [0.1, 0.15) is 11.9 Å². The second-order valence-electron chi connectivity index (χ2n) is 10.9. The van der Waals surface area contributed by atoms with E-state index in [4.69, 9.17) is 16.2 Å². The summed E-state index contributed by atoms with van der Waals surface area (Å²) in [5, 5.41) is 2.58. The van der Waals surface area contributed by atoms with E-state index in [0.29, 0.717) is 5.69 Å². The van der Waals surface area contributed by atoms with Gasteiger partial charge in [-0.2, -0.15) is 4.98 Å².